The predicted molar refractivity (Wildman–Crippen MR) is 60.8 cm³/mol. The van der Waals surface area contributed by atoms with Crippen molar-refractivity contribution in [3.05, 3.63) is 23.2 Å². The van der Waals surface area contributed by atoms with E-state index in [1.165, 1.54) is 6.07 Å². The Morgan fingerprint density at radius 1 is 1.53 bits per heavy atom. The van der Waals surface area contributed by atoms with Crippen molar-refractivity contribution in [1.82, 2.24) is 10.6 Å². The van der Waals surface area contributed by atoms with Gasteiger partial charge in [-0.3, -0.25) is 4.79 Å². The highest BCUT2D eigenvalue weighted by Gasteiger charge is 2.15. The van der Waals surface area contributed by atoms with Crippen LogP contribution < -0.4 is 10.6 Å². The molecule has 6 heteroatoms. The van der Waals surface area contributed by atoms with Gasteiger partial charge < -0.3 is 20.2 Å². The van der Waals surface area contributed by atoms with Crippen molar-refractivity contribution in [2.24, 2.45) is 0 Å². The Kier molecular flexibility index (Phi) is 4.28. The third kappa shape index (κ3) is 3.32. The standard InChI is InChI=1S/C11H16N2O4/c1-6(10(14)12-3)13-5-8-4-9(11(15)16)17-7(8)2/h4,6,13H,5H2,1-3H3,(H,12,14)(H,15,16). The van der Waals surface area contributed by atoms with Crippen molar-refractivity contribution in [3.63, 3.8) is 0 Å². The van der Waals surface area contributed by atoms with Gasteiger partial charge in [0.15, 0.2) is 0 Å². The lowest BCUT2D eigenvalue weighted by Gasteiger charge is -2.11. The second-order valence-corrected chi connectivity index (χ2v) is 3.71. The van der Waals surface area contributed by atoms with Crippen LogP contribution in [0.3, 0.4) is 0 Å². The zero-order valence-corrected chi connectivity index (χ0v) is 10.0. The van der Waals surface area contributed by atoms with Gasteiger partial charge in [0.1, 0.15) is 5.76 Å². The zero-order chi connectivity index (χ0) is 13.0. The summed E-state index contributed by atoms with van der Waals surface area (Å²) in [4.78, 5) is 21.9. The molecule has 0 aliphatic carbocycles. The number of aryl methyl sites for hydroxylation is 1. The van der Waals surface area contributed by atoms with Crippen LogP contribution in [0.5, 0.6) is 0 Å². The molecule has 0 saturated heterocycles. The van der Waals surface area contributed by atoms with Crippen molar-refractivity contribution in [2.75, 3.05) is 7.05 Å². The number of carbonyl (C=O) groups excluding carboxylic acids is 1. The molecule has 0 saturated carbocycles. The Morgan fingerprint density at radius 3 is 2.65 bits per heavy atom. The highest BCUT2D eigenvalue weighted by molar-refractivity contribution is 5.84. The summed E-state index contributed by atoms with van der Waals surface area (Å²) >= 11 is 0. The smallest absolute Gasteiger partial charge is 0.371 e. The summed E-state index contributed by atoms with van der Waals surface area (Å²) in [5, 5.41) is 14.2. The molecule has 0 aliphatic rings. The number of carboxylic acids is 1. The molecule has 1 rings (SSSR count). The molecule has 6 nitrogen and oxygen atoms in total. The first-order chi connectivity index (χ1) is 7.95. The average molecular weight is 240 g/mol. The van der Waals surface area contributed by atoms with Gasteiger partial charge in [0.05, 0.1) is 6.04 Å². The molecule has 0 spiro atoms. The Labute approximate surface area is 99.0 Å². The highest BCUT2D eigenvalue weighted by Crippen LogP contribution is 2.14. The number of aromatic carboxylic acids is 1. The molecule has 0 bridgehead atoms. The number of hydrogen-bond acceptors (Lipinski definition) is 4. The average Bonchev–Trinajstić information content (AvgIpc) is 2.66. The molecule has 94 valence electrons. The zero-order valence-electron chi connectivity index (χ0n) is 10.0. The summed E-state index contributed by atoms with van der Waals surface area (Å²) < 4.78 is 5.06. The summed E-state index contributed by atoms with van der Waals surface area (Å²) in [6.45, 7) is 3.80. The van der Waals surface area contributed by atoms with Crippen LogP contribution in [-0.2, 0) is 11.3 Å². The van der Waals surface area contributed by atoms with Crippen LogP contribution in [0.4, 0.5) is 0 Å². The molecule has 0 aromatic carbocycles. The molecule has 0 fully saturated rings. The van der Waals surface area contributed by atoms with Gasteiger partial charge in [-0.25, -0.2) is 4.79 Å². The summed E-state index contributed by atoms with van der Waals surface area (Å²) in [5.74, 6) is -0.769. The van der Waals surface area contributed by atoms with Gasteiger partial charge in [-0.05, 0) is 19.9 Å². The molecule has 1 amide bonds. The van der Waals surface area contributed by atoms with E-state index >= 15 is 0 Å². The maximum Gasteiger partial charge on any atom is 0.371 e. The van der Waals surface area contributed by atoms with Crippen LogP contribution in [0.25, 0.3) is 0 Å². The molecule has 1 unspecified atom stereocenters. The topological polar surface area (TPSA) is 91.6 Å². The fourth-order valence-electron chi connectivity index (χ4n) is 1.37. The van der Waals surface area contributed by atoms with E-state index in [2.05, 4.69) is 10.6 Å². The fourth-order valence-corrected chi connectivity index (χ4v) is 1.37. The lowest BCUT2D eigenvalue weighted by atomic mass is 10.2. The van der Waals surface area contributed by atoms with Crippen LogP contribution in [0, 0.1) is 6.92 Å². The van der Waals surface area contributed by atoms with Gasteiger partial charge in [-0.15, -0.1) is 0 Å². The Balaban J connectivity index is 2.63. The molecule has 17 heavy (non-hydrogen) atoms. The third-order valence-electron chi connectivity index (χ3n) is 2.47. The van der Waals surface area contributed by atoms with Crippen molar-refractivity contribution >= 4 is 11.9 Å². The number of carbonyl (C=O) groups is 2. The van der Waals surface area contributed by atoms with Crippen molar-refractivity contribution in [2.45, 2.75) is 26.4 Å². The summed E-state index contributed by atoms with van der Waals surface area (Å²) in [6, 6.07) is 1.11. The quantitative estimate of drug-likeness (QED) is 0.697. The van der Waals surface area contributed by atoms with E-state index < -0.39 is 5.97 Å². The molecular formula is C11H16N2O4. The van der Waals surface area contributed by atoms with Gasteiger partial charge in [-0.1, -0.05) is 0 Å². The molecule has 1 aromatic rings. The minimum atomic E-state index is -1.10. The summed E-state index contributed by atoms with van der Waals surface area (Å²) in [7, 11) is 1.56. The molecule has 1 atom stereocenters. The lowest BCUT2D eigenvalue weighted by Crippen LogP contribution is -2.40. The van der Waals surface area contributed by atoms with Crippen LogP contribution in [-0.4, -0.2) is 30.1 Å². The number of furan rings is 1. The van der Waals surface area contributed by atoms with Crippen molar-refractivity contribution < 1.29 is 19.1 Å². The number of carboxylic acid groups (broad SMARTS) is 1. The van der Waals surface area contributed by atoms with Crippen molar-refractivity contribution in [3.8, 4) is 0 Å². The van der Waals surface area contributed by atoms with Gasteiger partial charge in [0.25, 0.3) is 0 Å². The van der Waals surface area contributed by atoms with Crippen molar-refractivity contribution in [1.29, 1.82) is 0 Å². The summed E-state index contributed by atoms with van der Waals surface area (Å²) in [6.07, 6.45) is 0. The minimum Gasteiger partial charge on any atom is -0.475 e. The highest BCUT2D eigenvalue weighted by atomic mass is 16.4. The van der Waals surface area contributed by atoms with E-state index in [-0.39, 0.29) is 17.7 Å². The molecule has 1 aromatic heterocycles. The number of hydrogen-bond donors (Lipinski definition) is 3. The largest absolute Gasteiger partial charge is 0.475 e. The first kappa shape index (κ1) is 13.2. The van der Waals surface area contributed by atoms with Crippen LogP contribution in [0.15, 0.2) is 10.5 Å². The Bertz CT molecular complexity index is 425. The Morgan fingerprint density at radius 2 is 2.18 bits per heavy atom. The summed E-state index contributed by atoms with van der Waals surface area (Å²) in [5.41, 5.74) is 0.734. The van der Waals surface area contributed by atoms with E-state index in [1.807, 2.05) is 0 Å². The molecule has 0 radical (unpaired) electrons. The first-order valence-electron chi connectivity index (χ1n) is 5.23. The monoisotopic (exact) mass is 240 g/mol. The van der Waals surface area contributed by atoms with Crippen LogP contribution in [0.2, 0.25) is 0 Å². The van der Waals surface area contributed by atoms with E-state index in [1.54, 1.807) is 20.9 Å². The maximum atomic E-state index is 11.2. The number of nitrogens with one attached hydrogen (secondary N) is 2. The molecule has 3 N–H and O–H groups in total. The van der Waals surface area contributed by atoms with Crippen LogP contribution >= 0.6 is 0 Å². The third-order valence-corrected chi connectivity index (χ3v) is 2.47. The van der Waals surface area contributed by atoms with Gasteiger partial charge in [0, 0.05) is 19.2 Å². The number of likely N-dealkylation sites (N-methyl/N-ethyl adjacent to an activating group) is 1. The first-order valence-corrected chi connectivity index (χ1v) is 5.23. The predicted octanol–water partition coefficient (Wildman–Crippen LogP) is 0.510. The minimum absolute atomic E-state index is 0.0908. The second-order valence-electron chi connectivity index (χ2n) is 3.71. The molecular weight excluding hydrogens is 224 g/mol. The van der Waals surface area contributed by atoms with Gasteiger partial charge >= 0.3 is 5.97 Å². The lowest BCUT2D eigenvalue weighted by molar-refractivity contribution is -0.122. The van der Waals surface area contributed by atoms with Gasteiger partial charge in [-0.2, -0.15) is 0 Å². The van der Waals surface area contributed by atoms with Crippen LogP contribution in [0.1, 0.15) is 28.8 Å². The molecule has 1 heterocycles. The van der Waals surface area contributed by atoms with E-state index in [4.69, 9.17) is 9.52 Å². The van der Waals surface area contributed by atoms with E-state index in [9.17, 15) is 9.59 Å². The normalized spacial score (nSPS) is 12.2. The Hall–Kier alpha value is -1.82. The second kappa shape index (κ2) is 5.49. The number of amides is 1. The number of rotatable bonds is 5. The van der Waals surface area contributed by atoms with E-state index in [0.29, 0.717) is 12.3 Å². The maximum absolute atomic E-state index is 11.2. The SMILES string of the molecule is CNC(=O)C(C)NCc1cc(C(=O)O)oc1C. The van der Waals surface area contributed by atoms with Gasteiger partial charge in [0.2, 0.25) is 11.7 Å². The van der Waals surface area contributed by atoms with E-state index in [0.717, 1.165) is 5.56 Å². The molecule has 0 aliphatic heterocycles. The fraction of sp³-hybridized carbons (Fsp3) is 0.455.